The number of thiol groups is 2. The van der Waals surface area contributed by atoms with E-state index in [1.807, 2.05) is 0 Å². The van der Waals surface area contributed by atoms with Gasteiger partial charge in [-0.2, -0.15) is 0 Å². The minimum Gasteiger partial charge on any atom is -0.363 e. The monoisotopic (exact) mass is 204 g/mol. The van der Waals surface area contributed by atoms with E-state index in [2.05, 4.69) is 45.9 Å². The van der Waals surface area contributed by atoms with Crippen molar-refractivity contribution >= 4 is 35.6 Å². The van der Waals surface area contributed by atoms with Gasteiger partial charge in [-0.05, 0) is 0 Å². The third-order valence-electron chi connectivity index (χ3n) is 1.31. The Balaban J connectivity index is 0.000000120. The first-order valence-corrected chi connectivity index (χ1v) is 4.63. The maximum atomic E-state index is 3.93. The standard InChI is InChI=1S/2C3H6N2S/c2*6-3-4-1-2-5-3/h2*1-2H2,(H2,4,5,6). The largest absolute Gasteiger partial charge is 0.363 e. The SMILES string of the molecule is SC1=NCCN1.SC1=NCCN1. The van der Waals surface area contributed by atoms with E-state index in [0.29, 0.717) is 0 Å². The molecular weight excluding hydrogens is 192 g/mol. The summed E-state index contributed by atoms with van der Waals surface area (Å²) in [6, 6.07) is 0. The van der Waals surface area contributed by atoms with Crippen LogP contribution in [0.25, 0.3) is 0 Å². The van der Waals surface area contributed by atoms with E-state index in [1.54, 1.807) is 0 Å². The normalized spacial score (nSPS) is 19.8. The fraction of sp³-hybridized carbons (Fsp3) is 0.667. The van der Waals surface area contributed by atoms with E-state index in [0.717, 1.165) is 36.5 Å². The smallest absolute Gasteiger partial charge is 0.153 e. The van der Waals surface area contributed by atoms with Gasteiger partial charge in [0.05, 0.1) is 13.1 Å². The van der Waals surface area contributed by atoms with Gasteiger partial charge in [-0.1, -0.05) is 0 Å². The second-order valence-corrected chi connectivity index (χ2v) is 3.11. The molecule has 2 rings (SSSR count). The molecule has 0 saturated carbocycles. The number of nitrogens with one attached hydrogen (secondary N) is 2. The van der Waals surface area contributed by atoms with Crippen LogP contribution in [0.4, 0.5) is 0 Å². The maximum absolute atomic E-state index is 3.93. The van der Waals surface area contributed by atoms with Crippen LogP contribution in [0, 0.1) is 0 Å². The lowest BCUT2D eigenvalue weighted by Gasteiger charge is -1.84. The third-order valence-corrected chi connectivity index (χ3v) is 1.91. The van der Waals surface area contributed by atoms with E-state index in [1.165, 1.54) is 0 Å². The summed E-state index contributed by atoms with van der Waals surface area (Å²) in [4.78, 5) is 7.81. The van der Waals surface area contributed by atoms with Gasteiger partial charge in [0.15, 0.2) is 10.3 Å². The highest BCUT2D eigenvalue weighted by Crippen LogP contribution is 1.86. The van der Waals surface area contributed by atoms with Crippen molar-refractivity contribution in [2.24, 2.45) is 9.98 Å². The van der Waals surface area contributed by atoms with Crippen LogP contribution in [-0.4, -0.2) is 36.5 Å². The Morgan fingerprint density at radius 3 is 1.42 bits per heavy atom. The highest BCUT2D eigenvalue weighted by molar-refractivity contribution is 7.97. The van der Waals surface area contributed by atoms with Crippen LogP contribution in [0.1, 0.15) is 0 Å². The molecule has 2 aliphatic rings. The first-order valence-electron chi connectivity index (χ1n) is 3.73. The molecule has 2 aliphatic heterocycles. The van der Waals surface area contributed by atoms with Gasteiger partial charge in [0.25, 0.3) is 0 Å². The van der Waals surface area contributed by atoms with E-state index < -0.39 is 0 Å². The van der Waals surface area contributed by atoms with E-state index in [-0.39, 0.29) is 0 Å². The van der Waals surface area contributed by atoms with Crippen molar-refractivity contribution in [3.63, 3.8) is 0 Å². The van der Waals surface area contributed by atoms with Crippen molar-refractivity contribution in [3.8, 4) is 0 Å². The van der Waals surface area contributed by atoms with Gasteiger partial charge in [0.1, 0.15) is 0 Å². The molecule has 0 fully saturated rings. The molecule has 0 aromatic heterocycles. The van der Waals surface area contributed by atoms with Gasteiger partial charge in [-0.3, -0.25) is 9.98 Å². The summed E-state index contributed by atoms with van der Waals surface area (Å²) in [7, 11) is 0. The molecule has 0 spiro atoms. The molecular formula is C6H12N4S2. The number of rotatable bonds is 0. The summed E-state index contributed by atoms with van der Waals surface area (Å²) in [5, 5.41) is 7.41. The Bertz CT molecular complexity index is 180. The molecule has 0 aromatic rings. The van der Waals surface area contributed by atoms with Crippen LogP contribution in [0.15, 0.2) is 9.98 Å². The summed E-state index contributed by atoms with van der Waals surface area (Å²) >= 11 is 7.86. The van der Waals surface area contributed by atoms with Gasteiger partial charge < -0.3 is 10.6 Å². The Labute approximate surface area is 82.8 Å². The second kappa shape index (κ2) is 5.31. The number of hydrogen-bond acceptors (Lipinski definition) is 4. The van der Waals surface area contributed by atoms with Gasteiger partial charge >= 0.3 is 0 Å². The van der Waals surface area contributed by atoms with Crippen LogP contribution < -0.4 is 10.6 Å². The van der Waals surface area contributed by atoms with Crippen molar-refractivity contribution in [2.45, 2.75) is 0 Å². The van der Waals surface area contributed by atoms with Crippen LogP contribution in [0.3, 0.4) is 0 Å². The predicted molar refractivity (Wildman–Crippen MR) is 58.6 cm³/mol. The van der Waals surface area contributed by atoms with Gasteiger partial charge in [-0.15, -0.1) is 25.3 Å². The molecule has 2 heterocycles. The van der Waals surface area contributed by atoms with Crippen molar-refractivity contribution in [3.05, 3.63) is 0 Å². The van der Waals surface area contributed by atoms with Crippen molar-refractivity contribution in [1.29, 1.82) is 0 Å². The average molecular weight is 204 g/mol. The Kier molecular flexibility index (Phi) is 4.31. The first-order chi connectivity index (χ1) is 5.79. The van der Waals surface area contributed by atoms with Crippen molar-refractivity contribution in [2.75, 3.05) is 26.2 Å². The molecule has 0 saturated heterocycles. The van der Waals surface area contributed by atoms with Crippen molar-refractivity contribution < 1.29 is 0 Å². The average Bonchev–Trinajstić information content (AvgIpc) is 2.63. The van der Waals surface area contributed by atoms with Gasteiger partial charge in [0, 0.05) is 13.1 Å². The first kappa shape index (κ1) is 9.73. The van der Waals surface area contributed by atoms with Crippen LogP contribution in [-0.2, 0) is 0 Å². The molecule has 12 heavy (non-hydrogen) atoms. The molecule has 0 aromatic carbocycles. The van der Waals surface area contributed by atoms with Crippen LogP contribution in [0.5, 0.6) is 0 Å². The zero-order valence-corrected chi connectivity index (χ0v) is 8.41. The number of amidine groups is 2. The lowest BCUT2D eigenvalue weighted by molar-refractivity contribution is 0.964. The number of hydrogen-bond donors (Lipinski definition) is 4. The Morgan fingerprint density at radius 2 is 1.33 bits per heavy atom. The molecule has 2 N–H and O–H groups in total. The maximum Gasteiger partial charge on any atom is 0.153 e. The second-order valence-electron chi connectivity index (χ2n) is 2.26. The third kappa shape index (κ3) is 3.87. The summed E-state index contributed by atoms with van der Waals surface area (Å²) in [6.07, 6.45) is 0. The quantitative estimate of drug-likeness (QED) is 0.411. The molecule has 0 atom stereocenters. The van der Waals surface area contributed by atoms with Crippen LogP contribution >= 0.6 is 25.3 Å². The Hall–Kier alpha value is -0.360. The molecule has 0 unspecified atom stereocenters. The van der Waals surface area contributed by atoms with Crippen LogP contribution in [0.2, 0.25) is 0 Å². The summed E-state index contributed by atoms with van der Waals surface area (Å²) < 4.78 is 0. The molecule has 0 amide bonds. The molecule has 0 bridgehead atoms. The van der Waals surface area contributed by atoms with E-state index in [4.69, 9.17) is 0 Å². The van der Waals surface area contributed by atoms with E-state index >= 15 is 0 Å². The molecule has 4 nitrogen and oxygen atoms in total. The lowest BCUT2D eigenvalue weighted by Crippen LogP contribution is -2.11. The Morgan fingerprint density at radius 1 is 0.917 bits per heavy atom. The topological polar surface area (TPSA) is 48.8 Å². The highest BCUT2D eigenvalue weighted by Gasteiger charge is 1.95. The molecule has 0 aliphatic carbocycles. The lowest BCUT2D eigenvalue weighted by atomic mass is 10.7. The fourth-order valence-corrected chi connectivity index (χ4v) is 1.19. The summed E-state index contributed by atoms with van der Waals surface area (Å²) in [6.45, 7) is 3.69. The number of nitrogens with zero attached hydrogens (tertiary/aromatic N) is 2. The molecule has 68 valence electrons. The predicted octanol–water partition coefficient (Wildman–Crippen LogP) is -0.249. The van der Waals surface area contributed by atoms with Gasteiger partial charge in [-0.25, -0.2) is 0 Å². The minimum absolute atomic E-state index is 0.773. The fourth-order valence-electron chi connectivity index (χ4n) is 0.771. The zero-order chi connectivity index (χ0) is 8.81. The number of aliphatic imine (C=N–C) groups is 2. The van der Waals surface area contributed by atoms with Crippen molar-refractivity contribution in [1.82, 2.24) is 10.6 Å². The summed E-state index contributed by atoms with van der Waals surface area (Å²) in [5.41, 5.74) is 0. The molecule has 0 radical (unpaired) electrons. The van der Waals surface area contributed by atoms with E-state index in [9.17, 15) is 0 Å². The highest BCUT2D eigenvalue weighted by atomic mass is 32.1. The zero-order valence-electron chi connectivity index (χ0n) is 6.62. The summed E-state index contributed by atoms with van der Waals surface area (Å²) in [5.74, 6) is 0. The minimum atomic E-state index is 0.773. The molecule has 6 heteroatoms. The van der Waals surface area contributed by atoms with Gasteiger partial charge in [0.2, 0.25) is 0 Å².